The summed E-state index contributed by atoms with van der Waals surface area (Å²) in [5.41, 5.74) is 2.27. The number of rotatable bonds is 7. The van der Waals surface area contributed by atoms with Crippen molar-refractivity contribution in [2.75, 3.05) is 20.3 Å². The summed E-state index contributed by atoms with van der Waals surface area (Å²) in [6.45, 7) is 4.17. The lowest BCUT2D eigenvalue weighted by Gasteiger charge is -2.07. The number of carboxylic acids is 1. The smallest absolute Gasteiger partial charge is 0.352 e. The standard InChI is InChI=1S/C15H19NO4/c1-3-16-13-8-11(10-20-7-6-19-2)4-5-12(13)9-14(16)15(17)18/h4-5,8-9H,3,6-7,10H2,1-2H3,(H,17,18). The van der Waals surface area contributed by atoms with Crippen molar-refractivity contribution in [2.45, 2.75) is 20.1 Å². The number of aromatic carboxylic acids is 1. The Bertz CT molecular complexity index is 603. The molecular weight excluding hydrogens is 258 g/mol. The van der Waals surface area contributed by atoms with Crippen LogP contribution in [0.25, 0.3) is 10.9 Å². The average molecular weight is 277 g/mol. The highest BCUT2D eigenvalue weighted by Crippen LogP contribution is 2.22. The Balaban J connectivity index is 2.26. The molecule has 0 saturated carbocycles. The third kappa shape index (κ3) is 3.00. The maximum atomic E-state index is 11.2. The zero-order valence-electron chi connectivity index (χ0n) is 11.8. The Morgan fingerprint density at radius 2 is 2.10 bits per heavy atom. The largest absolute Gasteiger partial charge is 0.477 e. The topological polar surface area (TPSA) is 60.7 Å². The minimum Gasteiger partial charge on any atom is -0.477 e. The first kappa shape index (κ1) is 14.6. The predicted octanol–water partition coefficient (Wildman–Crippen LogP) is 2.52. The molecule has 0 spiro atoms. The van der Waals surface area contributed by atoms with Crippen molar-refractivity contribution >= 4 is 16.9 Å². The normalized spacial score (nSPS) is 11.1. The van der Waals surface area contributed by atoms with E-state index in [0.29, 0.717) is 32.1 Å². The minimum absolute atomic E-state index is 0.319. The monoisotopic (exact) mass is 277 g/mol. The van der Waals surface area contributed by atoms with Gasteiger partial charge in [0, 0.05) is 24.6 Å². The second kappa shape index (κ2) is 6.54. The van der Waals surface area contributed by atoms with Crippen molar-refractivity contribution < 1.29 is 19.4 Å². The minimum atomic E-state index is -0.902. The molecule has 0 unspecified atom stereocenters. The molecule has 2 aromatic rings. The maximum Gasteiger partial charge on any atom is 0.352 e. The van der Waals surface area contributed by atoms with Gasteiger partial charge in [-0.05, 0) is 24.6 Å². The van der Waals surface area contributed by atoms with Gasteiger partial charge in [0.15, 0.2) is 0 Å². The number of aryl methyl sites for hydroxylation is 1. The second-order valence-corrected chi connectivity index (χ2v) is 4.52. The van der Waals surface area contributed by atoms with Crippen LogP contribution in [0, 0.1) is 0 Å². The summed E-state index contributed by atoms with van der Waals surface area (Å²) in [7, 11) is 1.64. The maximum absolute atomic E-state index is 11.2. The molecule has 0 aliphatic rings. The Morgan fingerprint density at radius 1 is 1.30 bits per heavy atom. The van der Waals surface area contributed by atoms with Gasteiger partial charge in [-0.1, -0.05) is 12.1 Å². The van der Waals surface area contributed by atoms with Gasteiger partial charge in [-0.3, -0.25) is 0 Å². The van der Waals surface area contributed by atoms with E-state index in [4.69, 9.17) is 9.47 Å². The highest BCUT2D eigenvalue weighted by atomic mass is 16.5. The summed E-state index contributed by atoms with van der Waals surface area (Å²) in [6.07, 6.45) is 0. The Morgan fingerprint density at radius 3 is 2.75 bits per heavy atom. The number of carboxylic acid groups (broad SMARTS) is 1. The van der Waals surface area contributed by atoms with Crippen molar-refractivity contribution in [2.24, 2.45) is 0 Å². The van der Waals surface area contributed by atoms with Crippen molar-refractivity contribution in [1.82, 2.24) is 4.57 Å². The Labute approximate surface area is 117 Å². The van der Waals surface area contributed by atoms with E-state index in [-0.39, 0.29) is 0 Å². The molecule has 1 aromatic carbocycles. The van der Waals surface area contributed by atoms with Gasteiger partial charge in [-0.2, -0.15) is 0 Å². The van der Waals surface area contributed by atoms with Crippen LogP contribution in [0.2, 0.25) is 0 Å². The number of ether oxygens (including phenoxy) is 2. The molecule has 0 amide bonds. The fourth-order valence-corrected chi connectivity index (χ4v) is 2.24. The average Bonchev–Trinajstić information content (AvgIpc) is 2.81. The summed E-state index contributed by atoms with van der Waals surface area (Å²) in [4.78, 5) is 11.2. The number of hydrogen-bond acceptors (Lipinski definition) is 3. The van der Waals surface area contributed by atoms with Gasteiger partial charge in [-0.15, -0.1) is 0 Å². The molecule has 0 aliphatic carbocycles. The van der Waals surface area contributed by atoms with E-state index < -0.39 is 5.97 Å². The van der Waals surface area contributed by atoms with Crippen LogP contribution in [0.4, 0.5) is 0 Å². The molecule has 0 saturated heterocycles. The van der Waals surface area contributed by atoms with E-state index in [9.17, 15) is 9.90 Å². The van der Waals surface area contributed by atoms with Crippen molar-refractivity contribution in [3.05, 3.63) is 35.5 Å². The SMILES string of the molecule is CCn1c(C(=O)O)cc2ccc(COCCOC)cc21. The van der Waals surface area contributed by atoms with Crippen LogP contribution in [0.1, 0.15) is 23.0 Å². The fraction of sp³-hybridized carbons (Fsp3) is 0.400. The number of fused-ring (bicyclic) bond motifs is 1. The van der Waals surface area contributed by atoms with E-state index in [0.717, 1.165) is 16.5 Å². The third-order valence-electron chi connectivity index (χ3n) is 3.20. The molecule has 0 bridgehead atoms. The van der Waals surface area contributed by atoms with Gasteiger partial charge in [0.05, 0.1) is 19.8 Å². The number of aromatic nitrogens is 1. The Kier molecular flexibility index (Phi) is 4.76. The van der Waals surface area contributed by atoms with Crippen molar-refractivity contribution in [1.29, 1.82) is 0 Å². The highest BCUT2D eigenvalue weighted by molar-refractivity contribution is 5.94. The number of nitrogens with zero attached hydrogens (tertiary/aromatic N) is 1. The summed E-state index contributed by atoms with van der Waals surface area (Å²) in [6, 6.07) is 7.58. The first-order chi connectivity index (χ1) is 9.67. The number of benzene rings is 1. The summed E-state index contributed by atoms with van der Waals surface area (Å²) in [5, 5.41) is 10.1. The van der Waals surface area contributed by atoms with E-state index in [1.54, 1.807) is 17.7 Å². The van der Waals surface area contributed by atoms with Crippen LogP contribution >= 0.6 is 0 Å². The van der Waals surface area contributed by atoms with Gasteiger partial charge < -0.3 is 19.1 Å². The third-order valence-corrected chi connectivity index (χ3v) is 3.20. The number of methoxy groups -OCH3 is 1. The van der Waals surface area contributed by atoms with Crippen LogP contribution in [0.5, 0.6) is 0 Å². The highest BCUT2D eigenvalue weighted by Gasteiger charge is 2.13. The number of hydrogen-bond donors (Lipinski definition) is 1. The molecule has 1 aromatic heterocycles. The van der Waals surface area contributed by atoms with Crippen LogP contribution in [-0.2, 0) is 22.6 Å². The van der Waals surface area contributed by atoms with Gasteiger partial charge in [0.25, 0.3) is 0 Å². The summed E-state index contributed by atoms with van der Waals surface area (Å²) < 4.78 is 12.2. The van der Waals surface area contributed by atoms with Crippen LogP contribution in [0.3, 0.4) is 0 Å². The molecule has 0 atom stereocenters. The van der Waals surface area contributed by atoms with E-state index in [1.807, 2.05) is 25.1 Å². The summed E-state index contributed by atoms with van der Waals surface area (Å²) in [5.74, 6) is -0.902. The zero-order valence-corrected chi connectivity index (χ0v) is 11.8. The molecule has 5 nitrogen and oxygen atoms in total. The molecule has 108 valence electrons. The van der Waals surface area contributed by atoms with Gasteiger partial charge >= 0.3 is 5.97 Å². The molecule has 1 heterocycles. The molecule has 1 N–H and O–H groups in total. The van der Waals surface area contributed by atoms with Crippen molar-refractivity contribution in [3.63, 3.8) is 0 Å². The van der Waals surface area contributed by atoms with Gasteiger partial charge in [0.1, 0.15) is 5.69 Å². The predicted molar refractivity (Wildman–Crippen MR) is 76.1 cm³/mol. The molecular formula is C15H19NO4. The summed E-state index contributed by atoms with van der Waals surface area (Å²) >= 11 is 0. The van der Waals surface area contributed by atoms with Crippen molar-refractivity contribution in [3.8, 4) is 0 Å². The van der Waals surface area contributed by atoms with Gasteiger partial charge in [0.2, 0.25) is 0 Å². The molecule has 0 radical (unpaired) electrons. The molecule has 5 heteroatoms. The molecule has 2 rings (SSSR count). The zero-order chi connectivity index (χ0) is 14.5. The first-order valence-corrected chi connectivity index (χ1v) is 6.59. The first-order valence-electron chi connectivity index (χ1n) is 6.59. The molecule has 20 heavy (non-hydrogen) atoms. The van der Waals surface area contributed by atoms with E-state index in [2.05, 4.69) is 0 Å². The lowest BCUT2D eigenvalue weighted by Crippen LogP contribution is -2.06. The quantitative estimate of drug-likeness (QED) is 0.790. The van der Waals surface area contributed by atoms with E-state index in [1.165, 1.54) is 0 Å². The van der Waals surface area contributed by atoms with E-state index >= 15 is 0 Å². The Hall–Kier alpha value is -1.85. The van der Waals surface area contributed by atoms with Crippen LogP contribution < -0.4 is 0 Å². The lowest BCUT2D eigenvalue weighted by atomic mass is 10.2. The van der Waals surface area contributed by atoms with Crippen LogP contribution in [-0.4, -0.2) is 36.0 Å². The fourth-order valence-electron chi connectivity index (χ4n) is 2.24. The van der Waals surface area contributed by atoms with Crippen LogP contribution in [0.15, 0.2) is 24.3 Å². The molecule has 0 fully saturated rings. The van der Waals surface area contributed by atoms with Gasteiger partial charge in [-0.25, -0.2) is 4.79 Å². The lowest BCUT2D eigenvalue weighted by molar-refractivity contribution is 0.0617. The molecule has 0 aliphatic heterocycles. The number of carbonyl (C=O) groups is 1. The second-order valence-electron chi connectivity index (χ2n) is 4.52.